The molecule has 102 valence electrons. The molecule has 0 amide bonds. The van der Waals surface area contributed by atoms with Crippen LogP contribution in [0.4, 0.5) is 5.69 Å². The van der Waals surface area contributed by atoms with E-state index in [-0.39, 0.29) is 18.1 Å². The molecule has 4 heteroatoms. The van der Waals surface area contributed by atoms with Crippen molar-refractivity contribution in [3.05, 3.63) is 29.8 Å². The lowest BCUT2D eigenvalue weighted by atomic mass is 9.92. The summed E-state index contributed by atoms with van der Waals surface area (Å²) >= 11 is 0. The van der Waals surface area contributed by atoms with Gasteiger partial charge in [-0.05, 0) is 31.0 Å². The second kappa shape index (κ2) is 5.21. The van der Waals surface area contributed by atoms with Crippen LogP contribution in [0.3, 0.4) is 0 Å². The quantitative estimate of drug-likeness (QED) is 0.815. The molecule has 1 saturated heterocycles. The van der Waals surface area contributed by atoms with Crippen LogP contribution in [0.25, 0.3) is 0 Å². The third-order valence-corrected chi connectivity index (χ3v) is 4.08. The summed E-state index contributed by atoms with van der Waals surface area (Å²) in [5, 5.41) is 6.91. The molecule has 0 bridgehead atoms. The summed E-state index contributed by atoms with van der Waals surface area (Å²) in [6.07, 6.45) is 1.97. The number of ether oxygens (including phenoxy) is 1. The predicted molar refractivity (Wildman–Crippen MR) is 74.3 cm³/mol. The van der Waals surface area contributed by atoms with Gasteiger partial charge in [-0.15, -0.1) is 0 Å². The number of benzene rings is 1. The van der Waals surface area contributed by atoms with Gasteiger partial charge < -0.3 is 15.4 Å². The average Bonchev–Trinajstić information content (AvgIpc) is 2.98. The van der Waals surface area contributed by atoms with Crippen molar-refractivity contribution in [1.29, 1.82) is 0 Å². The van der Waals surface area contributed by atoms with Crippen molar-refractivity contribution < 1.29 is 9.53 Å². The Bertz CT molecular complexity index is 475. The van der Waals surface area contributed by atoms with Gasteiger partial charge in [0, 0.05) is 31.1 Å². The van der Waals surface area contributed by atoms with Gasteiger partial charge in [0.15, 0.2) is 0 Å². The largest absolute Gasteiger partial charge is 0.461 e. The minimum atomic E-state index is -0.177. The molecule has 0 aliphatic carbocycles. The Morgan fingerprint density at radius 1 is 1.42 bits per heavy atom. The molecule has 0 spiro atoms. The first-order chi connectivity index (χ1) is 9.24. The first kappa shape index (κ1) is 12.5. The van der Waals surface area contributed by atoms with Gasteiger partial charge in [0.25, 0.3) is 0 Å². The van der Waals surface area contributed by atoms with Gasteiger partial charge in [-0.3, -0.25) is 4.79 Å². The van der Waals surface area contributed by atoms with Crippen LogP contribution >= 0.6 is 0 Å². The Morgan fingerprint density at radius 2 is 2.26 bits per heavy atom. The lowest BCUT2D eigenvalue weighted by Crippen LogP contribution is -2.35. The third kappa shape index (κ3) is 2.59. The number of esters is 1. The van der Waals surface area contributed by atoms with Gasteiger partial charge in [-0.25, -0.2) is 0 Å². The Balaban J connectivity index is 1.67. The summed E-state index contributed by atoms with van der Waals surface area (Å²) in [5.74, 6) is 0.327. The number of fused-ring (bicyclic) bond motifs is 1. The van der Waals surface area contributed by atoms with Crippen molar-refractivity contribution in [3.63, 3.8) is 0 Å². The molecular weight excluding hydrogens is 240 g/mol. The van der Waals surface area contributed by atoms with Crippen molar-refractivity contribution in [2.75, 3.05) is 18.4 Å². The summed E-state index contributed by atoms with van der Waals surface area (Å²) < 4.78 is 5.40. The van der Waals surface area contributed by atoms with Crippen molar-refractivity contribution >= 4 is 11.7 Å². The van der Waals surface area contributed by atoms with Gasteiger partial charge in [0.1, 0.15) is 6.10 Å². The Kier molecular flexibility index (Phi) is 3.42. The molecule has 0 aromatic heterocycles. The van der Waals surface area contributed by atoms with Crippen LogP contribution in [0, 0.1) is 0 Å². The normalized spacial score (nSPS) is 28.8. The van der Waals surface area contributed by atoms with E-state index in [1.165, 1.54) is 18.2 Å². The molecule has 1 fully saturated rings. The van der Waals surface area contributed by atoms with Gasteiger partial charge in [-0.1, -0.05) is 18.2 Å². The van der Waals surface area contributed by atoms with Crippen LogP contribution in [-0.4, -0.2) is 31.2 Å². The molecule has 3 rings (SSSR count). The van der Waals surface area contributed by atoms with Crippen molar-refractivity contribution in [2.45, 2.75) is 37.8 Å². The van der Waals surface area contributed by atoms with Crippen molar-refractivity contribution in [2.24, 2.45) is 0 Å². The smallest absolute Gasteiger partial charge is 0.302 e. The fourth-order valence-electron chi connectivity index (χ4n) is 3.21. The maximum absolute atomic E-state index is 11.1. The number of anilines is 1. The van der Waals surface area contributed by atoms with Gasteiger partial charge >= 0.3 is 5.97 Å². The standard InChI is InChI=1S/C15H20N2O2/c1-10(18)19-15-6-7-16-14(15)8-11-9-17-13-5-3-2-4-12(11)13/h2-5,11,14-17H,6-9H2,1H3/t11?,14-,15-/m1/s1. The van der Waals surface area contributed by atoms with Gasteiger partial charge in [0.2, 0.25) is 0 Å². The lowest BCUT2D eigenvalue weighted by Gasteiger charge is -2.22. The molecule has 2 aliphatic heterocycles. The fraction of sp³-hybridized carbons (Fsp3) is 0.533. The van der Waals surface area contributed by atoms with E-state index in [9.17, 15) is 4.79 Å². The minimum absolute atomic E-state index is 0.0327. The molecule has 0 saturated carbocycles. The molecule has 2 aliphatic rings. The molecule has 2 heterocycles. The van der Waals surface area contributed by atoms with E-state index in [2.05, 4.69) is 34.9 Å². The molecular formula is C15H20N2O2. The highest BCUT2D eigenvalue weighted by Crippen LogP contribution is 2.35. The van der Waals surface area contributed by atoms with E-state index in [1.807, 2.05) is 0 Å². The predicted octanol–water partition coefficient (Wildman–Crippen LogP) is 1.88. The summed E-state index contributed by atoms with van der Waals surface area (Å²) in [7, 11) is 0. The van der Waals surface area contributed by atoms with Crippen molar-refractivity contribution in [1.82, 2.24) is 5.32 Å². The van der Waals surface area contributed by atoms with Crippen LogP contribution in [0.1, 0.15) is 31.2 Å². The number of carbonyl (C=O) groups is 1. The maximum atomic E-state index is 11.1. The van der Waals surface area contributed by atoms with Crippen LogP contribution in [0.2, 0.25) is 0 Å². The third-order valence-electron chi connectivity index (χ3n) is 4.08. The summed E-state index contributed by atoms with van der Waals surface area (Å²) in [6, 6.07) is 8.74. The van der Waals surface area contributed by atoms with Crippen LogP contribution < -0.4 is 10.6 Å². The number of carbonyl (C=O) groups excluding carboxylic acids is 1. The van der Waals surface area contributed by atoms with Crippen LogP contribution in [-0.2, 0) is 9.53 Å². The summed E-state index contributed by atoms with van der Waals surface area (Å²) in [4.78, 5) is 11.1. The van der Waals surface area contributed by atoms with Crippen molar-refractivity contribution in [3.8, 4) is 0 Å². The van der Waals surface area contributed by atoms with Crippen LogP contribution in [0.5, 0.6) is 0 Å². The molecule has 1 aromatic rings. The first-order valence-electron chi connectivity index (χ1n) is 6.97. The monoisotopic (exact) mass is 260 g/mol. The highest BCUT2D eigenvalue weighted by atomic mass is 16.5. The molecule has 19 heavy (non-hydrogen) atoms. The first-order valence-corrected chi connectivity index (χ1v) is 6.97. The fourth-order valence-corrected chi connectivity index (χ4v) is 3.21. The number of rotatable bonds is 3. The highest BCUT2D eigenvalue weighted by molar-refractivity contribution is 5.66. The van der Waals surface area contributed by atoms with E-state index in [0.717, 1.165) is 25.9 Å². The Hall–Kier alpha value is -1.55. The van der Waals surface area contributed by atoms with Crippen LogP contribution in [0.15, 0.2) is 24.3 Å². The number of para-hydroxylation sites is 1. The van der Waals surface area contributed by atoms with E-state index in [4.69, 9.17) is 4.74 Å². The topological polar surface area (TPSA) is 50.4 Å². The summed E-state index contributed by atoms with van der Waals surface area (Å²) in [5.41, 5.74) is 2.63. The van der Waals surface area contributed by atoms with E-state index < -0.39 is 0 Å². The van der Waals surface area contributed by atoms with Gasteiger partial charge in [0.05, 0.1) is 0 Å². The Labute approximate surface area is 113 Å². The molecule has 3 atom stereocenters. The second-order valence-corrected chi connectivity index (χ2v) is 5.40. The highest BCUT2D eigenvalue weighted by Gasteiger charge is 2.33. The zero-order valence-electron chi connectivity index (χ0n) is 11.2. The molecule has 1 aromatic carbocycles. The van der Waals surface area contributed by atoms with Gasteiger partial charge in [-0.2, -0.15) is 0 Å². The molecule has 0 radical (unpaired) electrons. The second-order valence-electron chi connectivity index (χ2n) is 5.40. The zero-order valence-corrected chi connectivity index (χ0v) is 11.2. The zero-order chi connectivity index (χ0) is 13.2. The van der Waals surface area contributed by atoms with E-state index in [0.29, 0.717) is 5.92 Å². The van der Waals surface area contributed by atoms with E-state index in [1.54, 1.807) is 0 Å². The minimum Gasteiger partial charge on any atom is -0.461 e. The average molecular weight is 260 g/mol. The Morgan fingerprint density at radius 3 is 3.11 bits per heavy atom. The number of hydrogen-bond donors (Lipinski definition) is 2. The number of hydrogen-bond acceptors (Lipinski definition) is 4. The summed E-state index contributed by atoms with van der Waals surface area (Å²) in [6.45, 7) is 3.40. The molecule has 2 N–H and O–H groups in total. The molecule has 4 nitrogen and oxygen atoms in total. The van der Waals surface area contributed by atoms with E-state index >= 15 is 0 Å². The number of nitrogens with one attached hydrogen (secondary N) is 2. The lowest BCUT2D eigenvalue weighted by molar-refractivity contribution is -0.146. The SMILES string of the molecule is CC(=O)O[C@@H]1CCN[C@@H]1CC1CNc2ccccc21. The maximum Gasteiger partial charge on any atom is 0.302 e. The molecule has 1 unspecified atom stereocenters.